The van der Waals surface area contributed by atoms with E-state index in [1.54, 1.807) is 0 Å². The number of hydrogen-bond acceptors (Lipinski definition) is 1. The van der Waals surface area contributed by atoms with E-state index in [1.165, 1.54) is 43.8 Å². The second-order valence-corrected chi connectivity index (χ2v) is 8.40. The van der Waals surface area contributed by atoms with Crippen LogP contribution in [0.4, 0.5) is 5.69 Å². The van der Waals surface area contributed by atoms with Gasteiger partial charge < -0.3 is 5.32 Å². The first-order chi connectivity index (χ1) is 14.0. The van der Waals surface area contributed by atoms with Crippen LogP contribution in [0.2, 0.25) is 0 Å². The van der Waals surface area contributed by atoms with Crippen molar-refractivity contribution in [3.05, 3.63) is 102 Å². The lowest BCUT2D eigenvalue weighted by Crippen LogP contribution is -2.14. The molecule has 0 radical (unpaired) electrons. The smallest absolute Gasteiger partial charge is 0.0390 e. The number of rotatable bonds is 3. The lowest BCUT2D eigenvalue weighted by molar-refractivity contribution is 0.662. The van der Waals surface area contributed by atoms with E-state index < -0.39 is 0 Å². The highest BCUT2D eigenvalue weighted by atomic mass is 14.9. The average molecular weight is 376 g/mol. The predicted molar refractivity (Wildman–Crippen MR) is 127 cm³/mol. The molecule has 0 heterocycles. The first-order valence-electron chi connectivity index (χ1n) is 10.2. The van der Waals surface area contributed by atoms with Gasteiger partial charge in [0.2, 0.25) is 0 Å². The molecule has 0 fully saturated rings. The second-order valence-electron chi connectivity index (χ2n) is 8.40. The Morgan fingerprint density at radius 3 is 2.00 bits per heavy atom. The Kier molecular flexibility index (Phi) is 3.89. The summed E-state index contributed by atoms with van der Waals surface area (Å²) in [6.45, 7) is 10.6. The van der Waals surface area contributed by atoms with Crippen molar-refractivity contribution < 1.29 is 0 Å². The van der Waals surface area contributed by atoms with E-state index in [0.717, 1.165) is 11.4 Å². The van der Waals surface area contributed by atoms with Crippen LogP contribution in [0.25, 0.3) is 32.7 Å². The van der Waals surface area contributed by atoms with Crippen LogP contribution in [-0.2, 0) is 5.41 Å². The van der Waals surface area contributed by atoms with Gasteiger partial charge in [0, 0.05) is 16.8 Å². The molecule has 1 aliphatic carbocycles. The largest absolute Gasteiger partial charge is 0.356 e. The summed E-state index contributed by atoms with van der Waals surface area (Å²) in [4.78, 5) is 0. The maximum absolute atomic E-state index is 3.87. The van der Waals surface area contributed by atoms with E-state index in [-0.39, 0.29) is 5.41 Å². The molecule has 0 saturated carbocycles. The fraction of sp³-hybridized carbons (Fsp3) is 0.143. The lowest BCUT2D eigenvalue weighted by atomic mass is 9.81. The predicted octanol–water partition coefficient (Wildman–Crippen LogP) is 7.80. The Bertz CT molecular complexity index is 1320. The third-order valence-electron chi connectivity index (χ3n) is 6.32. The van der Waals surface area contributed by atoms with Crippen LogP contribution in [0.3, 0.4) is 0 Å². The molecule has 0 amide bonds. The van der Waals surface area contributed by atoms with Crippen molar-refractivity contribution >= 4 is 27.2 Å². The minimum absolute atomic E-state index is 0.0120. The fourth-order valence-corrected chi connectivity index (χ4v) is 4.65. The summed E-state index contributed by atoms with van der Waals surface area (Å²) in [5, 5.41) is 8.59. The Hall–Kier alpha value is -3.32. The van der Waals surface area contributed by atoms with Crippen LogP contribution in [0.1, 0.15) is 31.9 Å². The van der Waals surface area contributed by atoms with Gasteiger partial charge in [0.1, 0.15) is 0 Å². The molecule has 0 atom stereocenters. The number of anilines is 1. The van der Waals surface area contributed by atoms with E-state index in [9.17, 15) is 0 Å². The van der Waals surface area contributed by atoms with E-state index in [4.69, 9.17) is 0 Å². The lowest BCUT2D eigenvalue weighted by Gasteiger charge is -2.22. The molecule has 1 N–H and O–H groups in total. The van der Waals surface area contributed by atoms with Crippen LogP contribution in [0.5, 0.6) is 0 Å². The maximum atomic E-state index is 3.87. The minimum atomic E-state index is -0.0120. The van der Waals surface area contributed by atoms with Gasteiger partial charge in [-0.15, -0.1) is 0 Å². The topological polar surface area (TPSA) is 12.0 Å². The zero-order valence-corrected chi connectivity index (χ0v) is 17.2. The van der Waals surface area contributed by atoms with Crippen LogP contribution in [-0.4, -0.2) is 0 Å². The molecule has 142 valence electrons. The molecular weight excluding hydrogens is 350 g/mol. The average Bonchev–Trinajstić information content (AvgIpc) is 2.95. The van der Waals surface area contributed by atoms with Crippen molar-refractivity contribution in [1.82, 2.24) is 0 Å². The van der Waals surface area contributed by atoms with Gasteiger partial charge in [-0.05, 0) is 93.2 Å². The van der Waals surface area contributed by atoms with Gasteiger partial charge in [0.05, 0.1) is 0 Å². The number of benzene rings is 4. The van der Waals surface area contributed by atoms with Crippen molar-refractivity contribution in [1.29, 1.82) is 0 Å². The molecule has 5 rings (SSSR count). The Morgan fingerprint density at radius 1 is 0.793 bits per heavy atom. The molecule has 0 bridgehead atoms. The van der Waals surface area contributed by atoms with E-state index in [1.807, 2.05) is 19.1 Å². The summed E-state index contributed by atoms with van der Waals surface area (Å²) in [7, 11) is 0. The second kappa shape index (κ2) is 6.35. The van der Waals surface area contributed by atoms with E-state index in [0.29, 0.717) is 0 Å². The van der Waals surface area contributed by atoms with Crippen LogP contribution < -0.4 is 5.32 Å². The SMILES string of the molecule is C=C/C(=C\C)Nc1ccc2cc3c(cc2c1)C(C)(C)c1cc2ccccc2cc1-3. The summed E-state index contributed by atoms with van der Waals surface area (Å²) < 4.78 is 0. The molecule has 29 heavy (non-hydrogen) atoms. The summed E-state index contributed by atoms with van der Waals surface area (Å²) >= 11 is 0. The Labute approximate surface area is 172 Å². The van der Waals surface area contributed by atoms with Gasteiger partial charge in [0.25, 0.3) is 0 Å². The summed E-state index contributed by atoms with van der Waals surface area (Å²) in [6.07, 6.45) is 3.88. The Morgan fingerprint density at radius 2 is 1.38 bits per heavy atom. The fourth-order valence-electron chi connectivity index (χ4n) is 4.65. The number of nitrogens with one attached hydrogen (secondary N) is 1. The third kappa shape index (κ3) is 2.69. The van der Waals surface area contributed by atoms with E-state index in [2.05, 4.69) is 92.5 Å². The molecule has 4 aromatic rings. The summed E-state index contributed by atoms with van der Waals surface area (Å²) in [5.74, 6) is 0. The highest BCUT2D eigenvalue weighted by Gasteiger charge is 2.35. The minimum Gasteiger partial charge on any atom is -0.356 e. The van der Waals surface area contributed by atoms with Crippen molar-refractivity contribution in [2.24, 2.45) is 0 Å². The first-order valence-corrected chi connectivity index (χ1v) is 10.2. The van der Waals surface area contributed by atoms with Gasteiger partial charge >= 0.3 is 0 Å². The van der Waals surface area contributed by atoms with E-state index >= 15 is 0 Å². The molecule has 0 unspecified atom stereocenters. The normalized spacial score (nSPS) is 14.7. The van der Waals surface area contributed by atoms with Gasteiger partial charge in [-0.3, -0.25) is 0 Å². The molecule has 1 aliphatic rings. The summed E-state index contributed by atoms with van der Waals surface area (Å²) in [6, 6.07) is 24.7. The molecule has 0 saturated heterocycles. The van der Waals surface area contributed by atoms with Gasteiger partial charge in [-0.1, -0.05) is 56.8 Å². The third-order valence-corrected chi connectivity index (χ3v) is 6.32. The monoisotopic (exact) mass is 375 g/mol. The van der Waals surface area contributed by atoms with Gasteiger partial charge in [0.15, 0.2) is 0 Å². The Balaban J connectivity index is 1.70. The molecule has 1 heteroatoms. The number of fused-ring (bicyclic) bond motifs is 5. The first kappa shape index (κ1) is 17.8. The van der Waals surface area contributed by atoms with Crippen LogP contribution in [0, 0.1) is 0 Å². The molecule has 0 aliphatic heterocycles. The van der Waals surface area contributed by atoms with Crippen LogP contribution >= 0.6 is 0 Å². The molecule has 1 nitrogen and oxygen atoms in total. The van der Waals surface area contributed by atoms with Gasteiger partial charge in [-0.2, -0.15) is 0 Å². The standard InChI is InChI=1S/C28H25N/c1-5-22(6-2)29-23-12-11-20-15-25-24-14-18-9-7-8-10-19(18)16-26(24)28(3,4)27(25)17-21(20)13-23/h5-17,29H,1H2,2-4H3/b22-6+. The van der Waals surface area contributed by atoms with Crippen LogP contribution in [0.15, 0.2) is 91.2 Å². The molecule has 0 spiro atoms. The highest BCUT2D eigenvalue weighted by Crippen LogP contribution is 2.51. The highest BCUT2D eigenvalue weighted by molar-refractivity contribution is 5.98. The molecule has 0 aromatic heterocycles. The molecular formula is C28H25N. The summed E-state index contributed by atoms with van der Waals surface area (Å²) in [5.41, 5.74) is 7.65. The zero-order chi connectivity index (χ0) is 20.2. The zero-order valence-electron chi connectivity index (χ0n) is 17.2. The van der Waals surface area contributed by atoms with Crippen molar-refractivity contribution in [3.8, 4) is 11.1 Å². The molecule has 4 aromatic carbocycles. The van der Waals surface area contributed by atoms with Crippen molar-refractivity contribution in [2.75, 3.05) is 5.32 Å². The van der Waals surface area contributed by atoms with Crippen molar-refractivity contribution in [2.45, 2.75) is 26.2 Å². The quantitative estimate of drug-likeness (QED) is 0.360. The van der Waals surface area contributed by atoms with Crippen molar-refractivity contribution in [3.63, 3.8) is 0 Å². The number of hydrogen-bond donors (Lipinski definition) is 1. The maximum Gasteiger partial charge on any atom is 0.0390 e. The van der Waals surface area contributed by atoms with Gasteiger partial charge in [-0.25, -0.2) is 0 Å². The number of allylic oxidation sites excluding steroid dienone is 2.